The van der Waals surface area contributed by atoms with Gasteiger partial charge in [0.1, 0.15) is 32.2 Å². The Labute approximate surface area is 578 Å². The van der Waals surface area contributed by atoms with Crippen LogP contribution in [0.4, 0.5) is 25.1 Å². The normalized spacial score (nSPS) is 16.3. The predicted molar refractivity (Wildman–Crippen MR) is 371 cm³/mol. The van der Waals surface area contributed by atoms with Crippen LogP contribution in [0, 0.1) is 5.41 Å². The van der Waals surface area contributed by atoms with Crippen molar-refractivity contribution in [1.29, 1.82) is 5.41 Å². The van der Waals surface area contributed by atoms with Gasteiger partial charge < -0.3 is 71.8 Å². The van der Waals surface area contributed by atoms with Gasteiger partial charge in [-0.1, -0.05) is 121 Å². The van der Waals surface area contributed by atoms with E-state index in [1.165, 1.54) is 0 Å². The molecule has 11 N–H and O–H groups in total. The summed E-state index contributed by atoms with van der Waals surface area (Å²) >= 11 is 5.78. The maximum atomic E-state index is 11.9. The van der Waals surface area contributed by atoms with Crippen LogP contribution in [0.25, 0.3) is 0 Å². The quantitative estimate of drug-likeness (QED) is 0.0112. The number of nitrogens with one attached hydrogen (secondary N) is 5. The van der Waals surface area contributed by atoms with Gasteiger partial charge in [-0.2, -0.15) is 0 Å². The smallest absolute Gasteiger partial charge is 0.407 e. The van der Waals surface area contributed by atoms with E-state index in [1.54, 1.807) is 26.6 Å². The van der Waals surface area contributed by atoms with Crippen molar-refractivity contribution in [2.24, 2.45) is 11.5 Å². The predicted octanol–water partition coefficient (Wildman–Crippen LogP) is 9.05. The Morgan fingerprint density at radius 3 is 1.25 bits per heavy atom. The van der Waals surface area contributed by atoms with E-state index >= 15 is 0 Å². The highest BCUT2D eigenvalue weighted by Gasteiger charge is 2.27. The first-order chi connectivity index (χ1) is 46.1. The van der Waals surface area contributed by atoms with E-state index in [1.807, 2.05) is 166 Å². The number of aryl methyl sites for hydroxylation is 2. The van der Waals surface area contributed by atoms with Crippen LogP contribution in [0.1, 0.15) is 103 Å². The van der Waals surface area contributed by atoms with Crippen molar-refractivity contribution in [2.45, 2.75) is 140 Å². The zero-order valence-electron chi connectivity index (χ0n) is 55.8. The molecule has 0 bridgehead atoms. The second-order valence-electron chi connectivity index (χ2n) is 23.0. The Balaban J connectivity index is 0.000000260. The first kappa shape index (κ1) is 80.0. The summed E-state index contributed by atoms with van der Waals surface area (Å²) in [5.74, 6) is 0.405. The maximum absolute atomic E-state index is 11.9. The van der Waals surface area contributed by atoms with Gasteiger partial charge in [0.25, 0.3) is 0 Å². The largest absolute Gasteiger partial charge is 0.445 e. The minimum absolute atomic E-state index is 0. The first-order valence-electron chi connectivity index (χ1n) is 31.4. The third kappa shape index (κ3) is 32.7. The number of rotatable bonds is 16. The number of nitrogens with zero attached hydrogens (tertiary/aromatic N) is 6. The van der Waals surface area contributed by atoms with Gasteiger partial charge >= 0.3 is 24.4 Å². The molecule has 26 nitrogen and oxygen atoms in total. The fourth-order valence-electron chi connectivity index (χ4n) is 10.1. The van der Waals surface area contributed by atoms with E-state index in [0.717, 1.165) is 88.9 Å². The van der Waals surface area contributed by atoms with Gasteiger partial charge in [-0.3, -0.25) is 19.9 Å². The minimum Gasteiger partial charge on any atom is -0.445 e. The van der Waals surface area contributed by atoms with Crippen LogP contribution in [0.2, 0.25) is 5.28 Å². The zero-order valence-corrected chi connectivity index (χ0v) is 57.4. The number of halogens is 2. The van der Waals surface area contributed by atoms with Gasteiger partial charge in [-0.05, 0) is 123 Å². The molecule has 0 aliphatic heterocycles. The van der Waals surface area contributed by atoms with Crippen LogP contribution in [0.3, 0.4) is 0 Å². The Hall–Kier alpha value is -9.47. The van der Waals surface area contributed by atoms with E-state index in [9.17, 15) is 28.8 Å². The number of ether oxygens (including phenoxy) is 6. The number of carbonyl (C=O) groups excluding carboxylic acids is 6. The lowest BCUT2D eigenvalue weighted by Gasteiger charge is -2.24. The van der Waals surface area contributed by atoms with E-state index in [2.05, 4.69) is 52.7 Å². The molecular weight excluding hydrogens is 1290 g/mol. The average molecular weight is 1380 g/mol. The summed E-state index contributed by atoms with van der Waals surface area (Å²) < 4.78 is 30.5. The molecule has 97 heavy (non-hydrogen) atoms. The number of hydrogen-bond donors (Lipinski definition) is 8. The third-order valence-corrected chi connectivity index (χ3v) is 14.9. The fourth-order valence-corrected chi connectivity index (χ4v) is 10.2. The van der Waals surface area contributed by atoms with E-state index in [0.29, 0.717) is 50.9 Å². The molecule has 3 atom stereocenters. The lowest BCUT2D eigenvalue weighted by atomic mass is 9.90. The van der Waals surface area contributed by atoms with Crippen molar-refractivity contribution < 1.29 is 57.2 Å². The first-order valence-corrected chi connectivity index (χ1v) is 31.8. The number of aromatic nitrogens is 4. The summed E-state index contributed by atoms with van der Waals surface area (Å²) in [6, 6.07) is 38.4. The van der Waals surface area contributed by atoms with Gasteiger partial charge in [0.15, 0.2) is 11.7 Å². The monoisotopic (exact) mass is 1380 g/mol. The molecule has 3 unspecified atom stereocenters. The summed E-state index contributed by atoms with van der Waals surface area (Å²) in [4.78, 5) is 90.1. The van der Waals surface area contributed by atoms with Crippen molar-refractivity contribution in [1.82, 2.24) is 51.0 Å². The van der Waals surface area contributed by atoms with Crippen molar-refractivity contribution in [3.63, 3.8) is 0 Å². The summed E-state index contributed by atoms with van der Waals surface area (Å²) in [6.07, 6.45) is 12.3. The number of ketones is 2. The highest BCUT2D eigenvalue weighted by Crippen LogP contribution is 2.24. The fraction of sp³-hybridized carbons (Fsp3) is 0.406. The Bertz CT molecular complexity index is 3270. The van der Waals surface area contributed by atoms with Crippen LogP contribution < -0.4 is 38.5 Å². The molecule has 4 amide bonds. The number of alkyl carbamates (subject to hydrolysis) is 4. The molecule has 0 saturated heterocycles. The number of nitrogen functional groups attached to an aromatic ring is 1. The molecule has 28 heteroatoms. The number of nitrogens with two attached hydrogens (primary N) is 3. The number of Topliss-reactive ketones (excluding diaryl/α,β-unsaturated/α-hetero) is 2. The molecule has 2 saturated carbocycles. The Morgan fingerprint density at radius 2 is 0.887 bits per heavy atom. The molecule has 2 fully saturated rings. The number of carbonyl (C=O) groups is 6. The SMILES string of the molecule is CN(C)/C=C1/CC(NC(=O)OCc2ccccc2)CCC1=O.COC(OC)N(C)C.Cl.N=C(N)N.Nc1ncc2c(n1)CCC(NC(=O)OCc1ccccc1)C2.O=C(NC1CCc2nc(Cl)ncc2C1)OCc1ccccc1.O=C1CCC(NC(=O)OCc2ccccc2)CC1. The van der Waals surface area contributed by atoms with Crippen molar-refractivity contribution >= 4 is 71.9 Å². The van der Waals surface area contributed by atoms with E-state index in [-0.39, 0.29) is 92.2 Å². The van der Waals surface area contributed by atoms with Gasteiger partial charge in [-0.25, -0.2) is 39.1 Å². The maximum Gasteiger partial charge on any atom is 0.407 e. The molecule has 10 rings (SSSR count). The third-order valence-electron chi connectivity index (χ3n) is 14.8. The van der Waals surface area contributed by atoms with E-state index in [4.69, 9.17) is 51.2 Å². The molecule has 4 aliphatic rings. The number of benzene rings is 4. The molecule has 2 aromatic heterocycles. The lowest BCUT2D eigenvalue weighted by Crippen LogP contribution is -2.39. The second kappa shape index (κ2) is 44.3. The van der Waals surface area contributed by atoms with Crippen molar-refractivity contribution in [2.75, 3.05) is 48.1 Å². The zero-order chi connectivity index (χ0) is 69.6. The van der Waals surface area contributed by atoms with Gasteiger partial charge in [-0.15, -0.1) is 12.4 Å². The summed E-state index contributed by atoms with van der Waals surface area (Å²) in [5, 5.41) is 17.8. The summed E-state index contributed by atoms with van der Waals surface area (Å²) in [5.41, 5.74) is 23.1. The lowest BCUT2D eigenvalue weighted by molar-refractivity contribution is -0.179. The Morgan fingerprint density at radius 1 is 0.546 bits per heavy atom. The number of anilines is 1. The number of amides is 4. The van der Waals surface area contributed by atoms with Gasteiger partial charge in [0.2, 0.25) is 17.6 Å². The second-order valence-corrected chi connectivity index (χ2v) is 23.3. The Kier molecular flexibility index (Phi) is 36.5. The molecule has 4 aromatic carbocycles. The van der Waals surface area contributed by atoms with Crippen LogP contribution in [0.15, 0.2) is 145 Å². The molecular formula is C69H92Cl2N14O12. The average Bonchev–Trinajstić information content (AvgIpc) is 0.869. The molecule has 4 aliphatic carbocycles. The highest BCUT2D eigenvalue weighted by atomic mass is 35.5. The number of hydrogen-bond acceptors (Lipinski definition) is 20. The standard InChI is InChI=1S/C17H22N2O3.C16H16ClN3O2.C16H18N4O2.C14H17NO3.C5H13NO2.CH5N3.ClH/c1-19(2)11-14-10-15(8-9-16(14)20)18-17(21)22-12-13-6-4-3-5-7-13;2*17-15-18-9-12-8-13(6-7-14(12)20-15)19-16(21)22-10-11-4-2-1-3-5-11;16-13-8-6-12(7-9-13)15-14(17)18-10-11-4-2-1-3-5-11;1-6(2)5(7-3)8-4;2-1(3)4;/h3-7,11,15H,8-10,12H2,1-2H3,(H,18,21);1-5,9,13H,6-8,10H2,(H,19,21);1-5,9,13H,6-8,10H2,(H,19,21)(H2,17,18,20);1-5,12H,6-10H2,(H,15,17);5H,1-4H3;(H5,2,3,4);1H/b14-11-;;;;;;. The molecule has 524 valence electrons. The number of methoxy groups -OCH3 is 2. The number of fused-ring (bicyclic) bond motifs is 2. The van der Waals surface area contributed by atoms with E-state index < -0.39 is 24.4 Å². The molecule has 0 spiro atoms. The number of guanidine groups is 1. The summed E-state index contributed by atoms with van der Waals surface area (Å²) in [6.45, 7) is 1.07. The van der Waals surface area contributed by atoms with Crippen LogP contribution >= 0.6 is 24.0 Å². The topological polar surface area (TPSA) is 366 Å². The van der Waals surface area contributed by atoms with Crippen LogP contribution in [0.5, 0.6) is 0 Å². The van der Waals surface area contributed by atoms with Crippen molar-refractivity contribution in [3.05, 3.63) is 196 Å². The highest BCUT2D eigenvalue weighted by molar-refractivity contribution is 6.28. The molecule has 6 aromatic rings. The molecule has 0 radical (unpaired) electrons. The van der Waals surface area contributed by atoms with Crippen LogP contribution in [-0.2, 0) is 90.1 Å². The van der Waals surface area contributed by atoms with Gasteiger partial charge in [0.05, 0.1) is 0 Å². The molecule has 2 heterocycles. The minimum atomic E-state index is -0.438. The van der Waals surface area contributed by atoms with Crippen molar-refractivity contribution in [3.8, 4) is 0 Å². The summed E-state index contributed by atoms with van der Waals surface area (Å²) in [7, 11) is 10.7. The van der Waals surface area contributed by atoms with Gasteiger partial charge in [0, 0.05) is 107 Å². The van der Waals surface area contributed by atoms with Crippen LogP contribution in [-0.4, -0.2) is 145 Å².